The largest absolute Gasteiger partial charge is 0.0845 e. The lowest BCUT2D eigenvalue weighted by molar-refractivity contribution is -0.139. The molecule has 0 heteroatoms. The van der Waals surface area contributed by atoms with E-state index in [1.54, 1.807) is 0 Å². The first-order valence-electron chi connectivity index (χ1n) is 13.7. The van der Waals surface area contributed by atoms with Gasteiger partial charge in [-0.05, 0) is 103 Å². The van der Waals surface area contributed by atoms with E-state index in [4.69, 9.17) is 0 Å². The van der Waals surface area contributed by atoms with Gasteiger partial charge in [0.2, 0.25) is 0 Å². The minimum absolute atomic E-state index is 0.516. The van der Waals surface area contributed by atoms with Crippen LogP contribution in [0.25, 0.3) is 0 Å². The molecule has 0 aliphatic heterocycles. The summed E-state index contributed by atoms with van der Waals surface area (Å²) < 4.78 is 0. The fourth-order valence-electron chi connectivity index (χ4n) is 9.53. The van der Waals surface area contributed by atoms with Gasteiger partial charge in [-0.3, -0.25) is 0 Å². The number of hydrogen-bond acceptors (Lipinski definition) is 0. The van der Waals surface area contributed by atoms with Gasteiger partial charge in [-0.15, -0.1) is 0 Å². The highest BCUT2D eigenvalue weighted by Gasteiger charge is 2.68. The van der Waals surface area contributed by atoms with E-state index in [1.807, 2.05) is 5.57 Å². The summed E-state index contributed by atoms with van der Waals surface area (Å²) in [6, 6.07) is 0. The number of rotatable bonds is 5. The fourth-order valence-corrected chi connectivity index (χ4v) is 9.53. The Labute approximate surface area is 189 Å². The van der Waals surface area contributed by atoms with Crippen molar-refractivity contribution in [1.82, 2.24) is 0 Å². The van der Waals surface area contributed by atoms with Crippen LogP contribution in [0, 0.1) is 51.2 Å². The van der Waals surface area contributed by atoms with Gasteiger partial charge in [0.25, 0.3) is 0 Å². The van der Waals surface area contributed by atoms with Gasteiger partial charge in [-0.1, -0.05) is 86.3 Å². The Morgan fingerprint density at radius 1 is 0.900 bits per heavy atom. The second-order valence-corrected chi connectivity index (χ2v) is 13.9. The molecule has 0 aromatic carbocycles. The monoisotopic (exact) mass is 412 g/mol. The van der Waals surface area contributed by atoms with Crippen molar-refractivity contribution in [2.24, 2.45) is 51.2 Å². The Morgan fingerprint density at radius 3 is 2.33 bits per heavy atom. The molecule has 0 amide bonds. The van der Waals surface area contributed by atoms with Gasteiger partial charge in [0.15, 0.2) is 0 Å². The van der Waals surface area contributed by atoms with Crippen molar-refractivity contribution in [3.63, 3.8) is 0 Å². The average Bonchev–Trinajstić information content (AvgIpc) is 2.90. The Kier molecular flexibility index (Phi) is 5.85. The molecule has 3 saturated carbocycles. The van der Waals surface area contributed by atoms with Gasteiger partial charge in [0.05, 0.1) is 0 Å². The van der Waals surface area contributed by atoms with Crippen LogP contribution < -0.4 is 0 Å². The molecule has 0 aromatic heterocycles. The molecule has 0 nitrogen and oxygen atoms in total. The number of allylic oxidation sites excluding steroid dienone is 2. The lowest BCUT2D eigenvalue weighted by Crippen LogP contribution is -2.57. The Hall–Kier alpha value is -0.260. The summed E-state index contributed by atoms with van der Waals surface area (Å²) in [6.07, 6.45) is 18.6. The van der Waals surface area contributed by atoms with Crippen LogP contribution in [0.15, 0.2) is 11.6 Å². The molecule has 4 aliphatic rings. The van der Waals surface area contributed by atoms with Crippen molar-refractivity contribution in [3.05, 3.63) is 11.6 Å². The van der Waals surface area contributed by atoms with Crippen LogP contribution in [0.4, 0.5) is 0 Å². The van der Waals surface area contributed by atoms with Gasteiger partial charge in [0, 0.05) is 0 Å². The predicted molar refractivity (Wildman–Crippen MR) is 131 cm³/mol. The molecule has 30 heavy (non-hydrogen) atoms. The van der Waals surface area contributed by atoms with Gasteiger partial charge >= 0.3 is 0 Å². The molecular formula is C30H52. The maximum absolute atomic E-state index is 2.76. The molecule has 8 atom stereocenters. The molecule has 4 rings (SSSR count). The van der Waals surface area contributed by atoms with Crippen LogP contribution in [0.5, 0.6) is 0 Å². The van der Waals surface area contributed by atoms with Crippen LogP contribution in [-0.4, -0.2) is 0 Å². The van der Waals surface area contributed by atoms with Crippen LogP contribution in [0.3, 0.4) is 0 Å². The summed E-state index contributed by atoms with van der Waals surface area (Å²) in [7, 11) is 0. The third kappa shape index (κ3) is 3.12. The maximum Gasteiger partial charge on any atom is -0.00850 e. The fraction of sp³-hybridized carbons (Fsp3) is 0.933. The van der Waals surface area contributed by atoms with E-state index in [0.29, 0.717) is 21.7 Å². The summed E-state index contributed by atoms with van der Waals surface area (Å²) in [5, 5.41) is 0. The van der Waals surface area contributed by atoms with Gasteiger partial charge in [-0.2, -0.15) is 0 Å². The third-order valence-electron chi connectivity index (χ3n) is 12.3. The first-order chi connectivity index (χ1) is 14.0. The van der Waals surface area contributed by atoms with Crippen molar-refractivity contribution in [3.8, 4) is 0 Å². The zero-order valence-corrected chi connectivity index (χ0v) is 21.7. The minimum atomic E-state index is 0.516. The van der Waals surface area contributed by atoms with Crippen molar-refractivity contribution in [1.29, 1.82) is 0 Å². The van der Waals surface area contributed by atoms with E-state index in [9.17, 15) is 0 Å². The standard InChI is InChI=1S/C30H52/c1-21(2)10-9-11-23(4)28(6)18-19-29(7)26-13-12-24-20-22(3)14-16-27(24,5)25(26)15-17-30(28,29)8/h12,21-23,25-26H,9-11,13-20H2,1-8H3. The second kappa shape index (κ2) is 7.66. The van der Waals surface area contributed by atoms with Crippen LogP contribution >= 0.6 is 0 Å². The highest BCUT2D eigenvalue weighted by Crippen LogP contribution is 2.76. The molecular weight excluding hydrogens is 360 g/mol. The molecule has 3 fully saturated rings. The average molecular weight is 413 g/mol. The molecule has 0 saturated heterocycles. The SMILES string of the molecule is CC(C)CCCC(C)C1(C)CCC2(C)C3CC=C4CC(C)CCC4(C)C3CCC12C. The first-order valence-corrected chi connectivity index (χ1v) is 13.7. The molecule has 4 aliphatic carbocycles. The Morgan fingerprint density at radius 2 is 1.63 bits per heavy atom. The minimum Gasteiger partial charge on any atom is -0.0845 e. The van der Waals surface area contributed by atoms with Crippen molar-refractivity contribution in [2.45, 2.75) is 126 Å². The zero-order chi connectivity index (χ0) is 21.9. The molecule has 0 heterocycles. The van der Waals surface area contributed by atoms with E-state index in [0.717, 1.165) is 29.6 Å². The molecule has 172 valence electrons. The van der Waals surface area contributed by atoms with E-state index in [2.05, 4.69) is 61.5 Å². The second-order valence-electron chi connectivity index (χ2n) is 13.9. The van der Waals surface area contributed by atoms with Crippen molar-refractivity contribution in [2.75, 3.05) is 0 Å². The van der Waals surface area contributed by atoms with E-state index < -0.39 is 0 Å². The van der Waals surface area contributed by atoms with E-state index >= 15 is 0 Å². The third-order valence-corrected chi connectivity index (χ3v) is 12.3. The number of fused-ring (bicyclic) bond motifs is 5. The van der Waals surface area contributed by atoms with Crippen molar-refractivity contribution >= 4 is 0 Å². The highest BCUT2D eigenvalue weighted by molar-refractivity contribution is 5.27. The van der Waals surface area contributed by atoms with Gasteiger partial charge < -0.3 is 0 Å². The summed E-state index contributed by atoms with van der Waals surface area (Å²) >= 11 is 0. The Balaban J connectivity index is 1.60. The topological polar surface area (TPSA) is 0 Å². The lowest BCUT2D eigenvalue weighted by atomic mass is 9.40. The molecule has 0 aromatic rings. The Bertz CT molecular complexity index is 672. The zero-order valence-electron chi connectivity index (χ0n) is 21.7. The van der Waals surface area contributed by atoms with Gasteiger partial charge in [0.1, 0.15) is 0 Å². The summed E-state index contributed by atoms with van der Waals surface area (Å²) in [4.78, 5) is 0. The van der Waals surface area contributed by atoms with Crippen LogP contribution in [0.2, 0.25) is 0 Å². The lowest BCUT2D eigenvalue weighted by Gasteiger charge is -2.65. The van der Waals surface area contributed by atoms with E-state index in [-0.39, 0.29) is 0 Å². The van der Waals surface area contributed by atoms with Crippen LogP contribution in [-0.2, 0) is 0 Å². The highest BCUT2D eigenvalue weighted by atomic mass is 14.7. The molecule has 0 bridgehead atoms. The van der Waals surface area contributed by atoms with Gasteiger partial charge in [-0.25, -0.2) is 0 Å². The predicted octanol–water partition coefficient (Wildman–Crippen LogP) is 9.44. The normalized spacial score (nSPS) is 49.2. The number of hydrogen-bond donors (Lipinski definition) is 0. The first kappa shape index (κ1) is 22.9. The van der Waals surface area contributed by atoms with Crippen LogP contribution in [0.1, 0.15) is 126 Å². The maximum atomic E-state index is 2.76. The van der Waals surface area contributed by atoms with E-state index in [1.165, 1.54) is 70.6 Å². The molecule has 0 spiro atoms. The quantitative estimate of drug-likeness (QED) is 0.394. The van der Waals surface area contributed by atoms with Crippen molar-refractivity contribution < 1.29 is 0 Å². The summed E-state index contributed by atoms with van der Waals surface area (Å²) in [5.41, 5.74) is 3.95. The smallest absolute Gasteiger partial charge is 0.00850 e. The molecule has 8 unspecified atom stereocenters. The summed E-state index contributed by atoms with van der Waals surface area (Å²) in [6.45, 7) is 20.8. The molecule has 0 N–H and O–H groups in total. The summed E-state index contributed by atoms with van der Waals surface area (Å²) in [5.74, 6) is 4.49. The molecule has 0 radical (unpaired) electrons.